The normalized spacial score (nSPS) is 18.7. The van der Waals surface area contributed by atoms with Crippen LogP contribution in [0.5, 0.6) is 5.75 Å². The number of ether oxygens (including phenoxy) is 2. The quantitative estimate of drug-likeness (QED) is 0.482. The van der Waals surface area contributed by atoms with Crippen LogP contribution >= 0.6 is 27.7 Å². The Morgan fingerprint density at radius 2 is 2.03 bits per heavy atom. The number of hydrogen-bond acceptors (Lipinski definition) is 6. The van der Waals surface area contributed by atoms with Gasteiger partial charge in [-0.3, -0.25) is 14.5 Å². The number of likely N-dealkylation sites (N-methyl/N-ethyl adjacent to an activating group) is 1. The lowest BCUT2D eigenvalue weighted by Gasteiger charge is -2.26. The van der Waals surface area contributed by atoms with Crippen molar-refractivity contribution in [2.24, 2.45) is 4.99 Å². The summed E-state index contributed by atoms with van der Waals surface area (Å²) >= 11 is 4.80. The molecular weight excluding hydrogens is 518 g/mol. The van der Waals surface area contributed by atoms with Gasteiger partial charge in [0.15, 0.2) is 5.17 Å². The molecule has 0 N–H and O–H groups in total. The van der Waals surface area contributed by atoms with Crippen LogP contribution in [0.2, 0.25) is 0 Å². The second-order valence-corrected chi connectivity index (χ2v) is 9.78. The van der Waals surface area contributed by atoms with Gasteiger partial charge < -0.3 is 14.4 Å². The van der Waals surface area contributed by atoms with Gasteiger partial charge in [0.25, 0.3) is 11.8 Å². The van der Waals surface area contributed by atoms with Crippen molar-refractivity contribution in [1.29, 1.82) is 0 Å². The van der Waals surface area contributed by atoms with Crippen LogP contribution in [0.3, 0.4) is 0 Å². The molecule has 9 heteroatoms. The predicted molar refractivity (Wildman–Crippen MR) is 139 cm³/mol. The number of rotatable bonds is 6. The number of amidine groups is 1. The van der Waals surface area contributed by atoms with E-state index in [0.29, 0.717) is 54.2 Å². The zero-order valence-electron chi connectivity index (χ0n) is 19.1. The fraction of sp³-hybridized carbons (Fsp3) is 0.320. The van der Waals surface area contributed by atoms with E-state index in [4.69, 9.17) is 9.47 Å². The Bertz CT molecular complexity index is 1140. The van der Waals surface area contributed by atoms with Crippen molar-refractivity contribution < 1.29 is 19.1 Å². The molecule has 2 aromatic carbocycles. The Morgan fingerprint density at radius 3 is 2.79 bits per heavy atom. The predicted octanol–water partition coefficient (Wildman–Crippen LogP) is 4.94. The van der Waals surface area contributed by atoms with Crippen LogP contribution in [0.25, 0.3) is 6.08 Å². The summed E-state index contributed by atoms with van der Waals surface area (Å²) in [4.78, 5) is 34.3. The van der Waals surface area contributed by atoms with Crippen LogP contribution in [0.15, 0.2) is 56.8 Å². The van der Waals surface area contributed by atoms with Crippen LogP contribution < -0.4 is 4.74 Å². The van der Waals surface area contributed by atoms with Gasteiger partial charge in [-0.15, -0.1) is 0 Å². The number of amides is 2. The minimum Gasteiger partial charge on any atom is -0.493 e. The number of carbonyl (C=O) groups excluding carboxylic acids is 2. The minimum atomic E-state index is -0.134. The van der Waals surface area contributed by atoms with E-state index in [0.717, 1.165) is 22.2 Å². The summed E-state index contributed by atoms with van der Waals surface area (Å²) in [5.41, 5.74) is 2.02. The van der Waals surface area contributed by atoms with Crippen LogP contribution in [0, 0.1) is 0 Å². The van der Waals surface area contributed by atoms with Gasteiger partial charge in [0.2, 0.25) is 0 Å². The maximum atomic E-state index is 12.9. The smallest absolute Gasteiger partial charge is 0.266 e. The highest BCUT2D eigenvalue weighted by atomic mass is 79.9. The van der Waals surface area contributed by atoms with Crippen LogP contribution in [0.1, 0.15) is 29.3 Å². The van der Waals surface area contributed by atoms with Gasteiger partial charge >= 0.3 is 0 Å². The summed E-state index contributed by atoms with van der Waals surface area (Å²) in [5, 5.41) is 0.554. The van der Waals surface area contributed by atoms with E-state index in [1.165, 1.54) is 16.7 Å². The van der Waals surface area contributed by atoms with Gasteiger partial charge in [-0.2, -0.15) is 0 Å². The SMILES string of the molecule is CCCOc1ccc(Br)cc1/C=C1/SC(=Nc2cccc(C(=O)N3CCOCC3)c2)N(C)C1=O. The molecule has 2 aliphatic rings. The van der Waals surface area contributed by atoms with Crippen molar-refractivity contribution in [3.8, 4) is 5.75 Å². The number of hydrogen-bond donors (Lipinski definition) is 0. The molecule has 2 amide bonds. The van der Waals surface area contributed by atoms with Gasteiger partial charge in [0.1, 0.15) is 5.75 Å². The summed E-state index contributed by atoms with van der Waals surface area (Å²) in [6, 6.07) is 12.9. The molecule has 178 valence electrons. The number of halogens is 1. The van der Waals surface area contributed by atoms with Crippen LogP contribution in [-0.2, 0) is 9.53 Å². The van der Waals surface area contributed by atoms with Crippen molar-refractivity contribution in [2.45, 2.75) is 13.3 Å². The average molecular weight is 544 g/mol. The summed E-state index contributed by atoms with van der Waals surface area (Å²) in [6.45, 7) is 4.92. The van der Waals surface area contributed by atoms with Crippen LogP contribution in [-0.4, -0.2) is 66.7 Å². The fourth-order valence-corrected chi connectivity index (χ4v) is 4.89. The largest absolute Gasteiger partial charge is 0.493 e. The molecular formula is C25H26BrN3O4S. The number of nitrogens with zero attached hydrogens (tertiary/aromatic N) is 3. The third kappa shape index (κ3) is 5.71. The highest BCUT2D eigenvalue weighted by Gasteiger charge is 2.31. The number of benzene rings is 2. The molecule has 2 fully saturated rings. The fourth-order valence-electron chi connectivity index (χ4n) is 3.54. The van der Waals surface area contributed by atoms with E-state index in [1.807, 2.05) is 36.4 Å². The van der Waals surface area contributed by atoms with Crippen molar-refractivity contribution >= 4 is 56.4 Å². The monoisotopic (exact) mass is 543 g/mol. The highest BCUT2D eigenvalue weighted by Crippen LogP contribution is 2.35. The maximum absolute atomic E-state index is 12.9. The lowest BCUT2D eigenvalue weighted by molar-refractivity contribution is -0.121. The van der Waals surface area contributed by atoms with E-state index in [-0.39, 0.29) is 11.8 Å². The first kappa shape index (κ1) is 24.5. The summed E-state index contributed by atoms with van der Waals surface area (Å²) < 4.78 is 12.1. The molecule has 0 spiro atoms. The molecule has 0 aromatic heterocycles. The Hall–Kier alpha value is -2.62. The zero-order valence-corrected chi connectivity index (χ0v) is 21.5. The minimum absolute atomic E-state index is 0.0382. The average Bonchev–Trinajstić information content (AvgIpc) is 3.11. The van der Waals surface area contributed by atoms with Crippen LogP contribution in [0.4, 0.5) is 5.69 Å². The van der Waals surface area contributed by atoms with E-state index in [9.17, 15) is 9.59 Å². The highest BCUT2D eigenvalue weighted by molar-refractivity contribution is 9.10. The number of aliphatic imine (C=N–C) groups is 1. The number of morpholine rings is 1. The second kappa shape index (κ2) is 11.2. The van der Waals surface area contributed by atoms with Gasteiger partial charge in [-0.1, -0.05) is 28.9 Å². The third-order valence-corrected chi connectivity index (χ3v) is 6.89. The van der Waals surface area contributed by atoms with Crippen molar-refractivity contribution in [1.82, 2.24) is 9.80 Å². The molecule has 2 saturated heterocycles. The molecule has 2 aliphatic heterocycles. The molecule has 0 aliphatic carbocycles. The first-order chi connectivity index (χ1) is 16.5. The first-order valence-corrected chi connectivity index (χ1v) is 12.7. The lowest BCUT2D eigenvalue weighted by atomic mass is 10.1. The van der Waals surface area contributed by atoms with E-state index < -0.39 is 0 Å². The molecule has 2 aromatic rings. The van der Waals surface area contributed by atoms with Gasteiger partial charge in [0.05, 0.1) is 30.4 Å². The maximum Gasteiger partial charge on any atom is 0.266 e. The first-order valence-electron chi connectivity index (χ1n) is 11.1. The molecule has 7 nitrogen and oxygen atoms in total. The van der Waals surface area contributed by atoms with Gasteiger partial charge in [-0.25, -0.2) is 4.99 Å². The molecule has 0 bridgehead atoms. The van der Waals surface area contributed by atoms with Crippen molar-refractivity contribution in [3.05, 3.63) is 63.0 Å². The van der Waals surface area contributed by atoms with Gasteiger partial charge in [-0.05, 0) is 60.7 Å². The molecule has 0 saturated carbocycles. The summed E-state index contributed by atoms with van der Waals surface area (Å²) in [7, 11) is 1.70. The molecule has 0 atom stereocenters. The Kier molecular flexibility index (Phi) is 8.07. The third-order valence-electron chi connectivity index (χ3n) is 5.34. The molecule has 34 heavy (non-hydrogen) atoms. The molecule has 0 radical (unpaired) electrons. The Balaban J connectivity index is 1.57. The summed E-state index contributed by atoms with van der Waals surface area (Å²) in [5.74, 6) is 0.558. The van der Waals surface area contributed by atoms with Crippen molar-refractivity contribution in [2.75, 3.05) is 40.0 Å². The molecule has 4 rings (SSSR count). The standard InChI is InChI=1S/C25H26BrN3O4S/c1-3-11-33-21-8-7-19(26)14-18(21)16-22-24(31)28(2)25(34-22)27-20-6-4-5-17(15-20)23(30)29-9-12-32-13-10-29/h4-8,14-16H,3,9-13H2,1-2H3/b22-16+,27-25?. The van der Waals surface area contributed by atoms with Gasteiger partial charge in [0, 0.05) is 35.7 Å². The van der Waals surface area contributed by atoms with Crippen molar-refractivity contribution in [3.63, 3.8) is 0 Å². The molecule has 2 heterocycles. The zero-order chi connectivity index (χ0) is 24.1. The van der Waals surface area contributed by atoms with E-state index in [2.05, 4.69) is 27.8 Å². The number of thioether (sulfide) groups is 1. The Labute approximate surface area is 211 Å². The lowest BCUT2D eigenvalue weighted by Crippen LogP contribution is -2.40. The topological polar surface area (TPSA) is 71.4 Å². The Morgan fingerprint density at radius 1 is 1.24 bits per heavy atom. The summed E-state index contributed by atoms with van der Waals surface area (Å²) in [6.07, 6.45) is 2.73. The number of carbonyl (C=O) groups is 2. The van der Waals surface area contributed by atoms with E-state index >= 15 is 0 Å². The second-order valence-electron chi connectivity index (χ2n) is 7.85. The molecule has 0 unspecified atom stereocenters. The van der Waals surface area contributed by atoms with E-state index in [1.54, 1.807) is 24.1 Å².